The molecule has 0 amide bonds. The van der Waals surface area contributed by atoms with Crippen molar-refractivity contribution in [3.8, 4) is 0 Å². The van der Waals surface area contributed by atoms with Crippen LogP contribution in [0.3, 0.4) is 0 Å². The van der Waals surface area contributed by atoms with Gasteiger partial charge in [0.25, 0.3) is 0 Å². The van der Waals surface area contributed by atoms with E-state index in [2.05, 4.69) is 0 Å². The summed E-state index contributed by atoms with van der Waals surface area (Å²) in [6.07, 6.45) is 2.65. The van der Waals surface area contributed by atoms with E-state index in [0.717, 1.165) is 0 Å². The largest absolute Gasteiger partial charge is 0.478 e. The average molecular weight is 519 g/mol. The first kappa shape index (κ1) is 29.6. The highest BCUT2D eigenvalue weighted by atomic mass is 16.5. The van der Waals surface area contributed by atoms with Gasteiger partial charge in [0.2, 0.25) is 0 Å². The maximum Gasteiger partial charge on any atom is 0.335 e. The molecule has 0 spiro atoms. The molecule has 0 aromatic heterocycles. The van der Waals surface area contributed by atoms with Crippen molar-refractivity contribution in [2.45, 2.75) is 0 Å². The van der Waals surface area contributed by atoms with Gasteiger partial charge >= 0.3 is 11.9 Å². The topological polar surface area (TPSA) is 205 Å². The average Bonchev–Trinajstić information content (AvgIpc) is 2.91. The van der Waals surface area contributed by atoms with E-state index in [-0.39, 0.29) is 22.6 Å². The molecule has 0 fully saturated rings. The Balaban J connectivity index is 2.71. The Morgan fingerprint density at radius 3 is 1.05 bits per heavy atom. The summed E-state index contributed by atoms with van der Waals surface area (Å²) in [5, 5.41) is 78.6. The molecule has 2 rings (SSSR count). The first-order valence-corrected chi connectivity index (χ1v) is 11.1. The molecule has 0 saturated carbocycles. The van der Waals surface area contributed by atoms with Crippen molar-refractivity contribution in [1.82, 2.24) is 0 Å². The standard InChI is InChI=1S/C26H30O11/c27-11-25(12-28,13-29)21(9-17-1-5-19(6-2-17)23(33)34)37-22(26(14-30,15-31)16-32)10-18-3-7-20(8-4-18)24(35)36/h1-10,27-32H,11-16H2,(H,33,34)(H,35,36). The molecule has 0 aliphatic heterocycles. The second-order valence-corrected chi connectivity index (χ2v) is 8.48. The molecule has 0 unspecified atom stereocenters. The van der Waals surface area contributed by atoms with Crippen molar-refractivity contribution in [3.63, 3.8) is 0 Å². The second kappa shape index (κ2) is 13.1. The molecule has 8 N–H and O–H groups in total. The fourth-order valence-electron chi connectivity index (χ4n) is 3.21. The monoisotopic (exact) mass is 518 g/mol. The van der Waals surface area contributed by atoms with Crippen LogP contribution < -0.4 is 0 Å². The summed E-state index contributed by atoms with van der Waals surface area (Å²) >= 11 is 0. The molecule has 11 nitrogen and oxygen atoms in total. The first-order valence-electron chi connectivity index (χ1n) is 11.1. The molecule has 0 atom stereocenters. The van der Waals surface area contributed by atoms with Crippen LogP contribution in [0.25, 0.3) is 12.2 Å². The van der Waals surface area contributed by atoms with Crippen molar-refractivity contribution in [2.24, 2.45) is 10.8 Å². The highest BCUT2D eigenvalue weighted by Crippen LogP contribution is 2.37. The van der Waals surface area contributed by atoms with Crippen LogP contribution in [0.5, 0.6) is 0 Å². The van der Waals surface area contributed by atoms with Gasteiger partial charge in [-0.1, -0.05) is 24.3 Å². The maximum atomic E-state index is 11.2. The number of aliphatic hydroxyl groups excluding tert-OH is 6. The number of carboxylic acids is 2. The third-order valence-electron chi connectivity index (χ3n) is 5.99. The van der Waals surface area contributed by atoms with Gasteiger partial charge < -0.3 is 45.6 Å². The minimum Gasteiger partial charge on any atom is -0.478 e. The van der Waals surface area contributed by atoms with Crippen molar-refractivity contribution in [1.29, 1.82) is 0 Å². The second-order valence-electron chi connectivity index (χ2n) is 8.48. The van der Waals surface area contributed by atoms with Gasteiger partial charge in [0.1, 0.15) is 11.5 Å². The number of rotatable bonds is 14. The van der Waals surface area contributed by atoms with Crippen molar-refractivity contribution in [3.05, 3.63) is 82.3 Å². The molecular formula is C26H30O11. The molecule has 0 saturated heterocycles. The molecule has 2 aromatic rings. The summed E-state index contributed by atoms with van der Waals surface area (Å²) in [6.45, 7) is -4.73. The summed E-state index contributed by atoms with van der Waals surface area (Å²) in [4.78, 5) is 22.3. The normalized spacial score (nSPS) is 12.9. The summed E-state index contributed by atoms with van der Waals surface area (Å²) < 4.78 is 6.02. The van der Waals surface area contributed by atoms with Crippen LogP contribution in [-0.2, 0) is 4.74 Å². The Hall–Kier alpha value is -3.58. The zero-order valence-corrected chi connectivity index (χ0v) is 19.8. The van der Waals surface area contributed by atoms with Crippen molar-refractivity contribution < 1.29 is 55.2 Å². The molecule has 11 heteroatoms. The Kier molecular flexibility index (Phi) is 10.5. The zero-order chi connectivity index (χ0) is 27.6. The third kappa shape index (κ3) is 6.80. The van der Waals surface area contributed by atoms with Crippen LogP contribution in [-0.4, -0.2) is 92.4 Å². The van der Waals surface area contributed by atoms with Crippen molar-refractivity contribution >= 4 is 24.1 Å². The fraction of sp³-hybridized carbons (Fsp3) is 0.308. The van der Waals surface area contributed by atoms with Crippen molar-refractivity contribution in [2.75, 3.05) is 39.6 Å². The van der Waals surface area contributed by atoms with Crippen LogP contribution >= 0.6 is 0 Å². The summed E-state index contributed by atoms with van der Waals surface area (Å²) in [6, 6.07) is 10.9. The van der Waals surface area contributed by atoms with E-state index in [4.69, 9.17) is 14.9 Å². The Morgan fingerprint density at radius 2 is 0.838 bits per heavy atom. The molecule has 0 aliphatic rings. The lowest BCUT2D eigenvalue weighted by molar-refractivity contribution is -0.0313. The van der Waals surface area contributed by atoms with Gasteiger partial charge in [0, 0.05) is 0 Å². The number of carboxylic acid groups (broad SMARTS) is 2. The zero-order valence-electron chi connectivity index (χ0n) is 19.8. The summed E-state index contributed by atoms with van der Waals surface area (Å²) in [5.41, 5.74) is -2.78. The number of carbonyl (C=O) groups is 2. The van der Waals surface area contributed by atoms with E-state index in [1.54, 1.807) is 0 Å². The van der Waals surface area contributed by atoms with E-state index in [1.807, 2.05) is 0 Å². The van der Waals surface area contributed by atoms with Gasteiger partial charge in [0.15, 0.2) is 0 Å². The smallest absolute Gasteiger partial charge is 0.335 e. The molecule has 0 heterocycles. The minimum atomic E-state index is -1.76. The van der Waals surface area contributed by atoms with Crippen LogP contribution in [0.2, 0.25) is 0 Å². The van der Waals surface area contributed by atoms with E-state index < -0.39 is 62.4 Å². The molecule has 0 radical (unpaired) electrons. The molecule has 200 valence electrons. The lowest BCUT2D eigenvalue weighted by atomic mass is 9.85. The molecule has 0 bridgehead atoms. The number of ether oxygens (including phenoxy) is 1. The van der Waals surface area contributed by atoms with E-state index in [1.165, 1.54) is 60.7 Å². The maximum absolute atomic E-state index is 11.2. The number of hydrogen-bond donors (Lipinski definition) is 8. The van der Waals surface area contributed by atoms with Gasteiger partial charge in [-0.25, -0.2) is 9.59 Å². The summed E-state index contributed by atoms with van der Waals surface area (Å²) in [5.74, 6) is -2.73. The predicted molar refractivity (Wildman–Crippen MR) is 131 cm³/mol. The Labute approximate surface area is 212 Å². The van der Waals surface area contributed by atoms with Gasteiger partial charge in [-0.05, 0) is 47.5 Å². The van der Waals surface area contributed by atoms with E-state index in [0.29, 0.717) is 11.1 Å². The van der Waals surface area contributed by atoms with Crippen LogP contribution in [0.1, 0.15) is 31.8 Å². The Morgan fingerprint density at radius 1 is 0.568 bits per heavy atom. The van der Waals surface area contributed by atoms with Crippen LogP contribution in [0.15, 0.2) is 60.0 Å². The third-order valence-corrected chi connectivity index (χ3v) is 5.99. The number of hydrogen-bond acceptors (Lipinski definition) is 9. The van der Waals surface area contributed by atoms with E-state index in [9.17, 15) is 40.2 Å². The Bertz CT molecular complexity index is 1000. The van der Waals surface area contributed by atoms with Crippen LogP contribution in [0, 0.1) is 10.8 Å². The fourth-order valence-corrected chi connectivity index (χ4v) is 3.21. The number of benzene rings is 2. The quantitative estimate of drug-likeness (QED) is 0.161. The summed E-state index contributed by atoms with van der Waals surface area (Å²) in [7, 11) is 0. The molecule has 2 aromatic carbocycles. The first-order chi connectivity index (χ1) is 17.6. The highest BCUT2D eigenvalue weighted by molar-refractivity contribution is 5.88. The highest BCUT2D eigenvalue weighted by Gasteiger charge is 2.40. The van der Waals surface area contributed by atoms with Gasteiger partial charge in [-0.2, -0.15) is 0 Å². The molecule has 37 heavy (non-hydrogen) atoms. The van der Waals surface area contributed by atoms with Gasteiger partial charge in [0.05, 0.1) is 61.6 Å². The number of aromatic carboxylic acids is 2. The lowest BCUT2D eigenvalue weighted by Gasteiger charge is -2.36. The minimum absolute atomic E-state index is 0.00241. The molecular weight excluding hydrogens is 488 g/mol. The van der Waals surface area contributed by atoms with E-state index >= 15 is 0 Å². The van der Waals surface area contributed by atoms with Gasteiger partial charge in [-0.15, -0.1) is 0 Å². The molecule has 0 aliphatic carbocycles. The number of aliphatic hydroxyl groups is 6. The van der Waals surface area contributed by atoms with Crippen LogP contribution in [0.4, 0.5) is 0 Å². The van der Waals surface area contributed by atoms with Gasteiger partial charge in [-0.3, -0.25) is 0 Å². The SMILES string of the molecule is O=C(O)c1ccc(C=C(OC(=Cc2ccc(C(=O)O)cc2)C(CO)(CO)CO)C(CO)(CO)CO)cc1. The lowest BCUT2D eigenvalue weighted by Crippen LogP contribution is -2.41. The predicted octanol–water partition coefficient (Wildman–Crippen LogP) is 0.408.